The highest BCUT2D eigenvalue weighted by Crippen LogP contribution is 2.29. The van der Waals surface area contributed by atoms with Crippen molar-refractivity contribution in [1.29, 1.82) is 0 Å². The van der Waals surface area contributed by atoms with Crippen molar-refractivity contribution < 1.29 is 18.7 Å². The summed E-state index contributed by atoms with van der Waals surface area (Å²) in [7, 11) is 3.06. The van der Waals surface area contributed by atoms with Crippen LogP contribution in [0.2, 0.25) is 0 Å². The van der Waals surface area contributed by atoms with E-state index in [9.17, 15) is 9.59 Å². The highest BCUT2D eigenvalue weighted by Gasteiger charge is 2.14. The molecule has 0 aliphatic carbocycles. The van der Waals surface area contributed by atoms with Crippen LogP contribution in [-0.2, 0) is 6.54 Å². The van der Waals surface area contributed by atoms with Gasteiger partial charge in [-0.05, 0) is 30.3 Å². The van der Waals surface area contributed by atoms with Crippen LogP contribution in [0.3, 0.4) is 0 Å². The molecule has 1 heterocycles. The van der Waals surface area contributed by atoms with Gasteiger partial charge < -0.3 is 19.2 Å². The van der Waals surface area contributed by atoms with Gasteiger partial charge >= 0.3 is 5.76 Å². The van der Waals surface area contributed by atoms with Gasteiger partial charge in [-0.1, -0.05) is 6.08 Å². The third-order valence-corrected chi connectivity index (χ3v) is 3.90. The van der Waals surface area contributed by atoms with E-state index in [-0.39, 0.29) is 5.91 Å². The normalized spacial score (nSPS) is 10.5. The number of aromatic nitrogens is 1. The Morgan fingerprint density at radius 3 is 2.73 bits per heavy atom. The van der Waals surface area contributed by atoms with E-state index in [4.69, 9.17) is 13.9 Å². The van der Waals surface area contributed by atoms with Crippen molar-refractivity contribution in [2.24, 2.45) is 0 Å². The van der Waals surface area contributed by atoms with Crippen molar-refractivity contribution in [2.45, 2.75) is 6.54 Å². The van der Waals surface area contributed by atoms with Crippen LogP contribution in [-0.4, -0.2) is 24.7 Å². The highest BCUT2D eigenvalue weighted by atomic mass is 16.5. The Morgan fingerprint density at radius 1 is 1.23 bits per heavy atom. The summed E-state index contributed by atoms with van der Waals surface area (Å²) >= 11 is 0. The molecular formula is C19H18N2O5. The maximum Gasteiger partial charge on any atom is 0.420 e. The Bertz CT molecular complexity index is 1030. The largest absolute Gasteiger partial charge is 0.497 e. The Labute approximate surface area is 149 Å². The molecule has 0 aliphatic rings. The van der Waals surface area contributed by atoms with E-state index in [1.807, 2.05) is 0 Å². The molecule has 7 heteroatoms. The minimum atomic E-state index is -0.494. The minimum absolute atomic E-state index is 0.292. The molecule has 0 aliphatic heterocycles. The van der Waals surface area contributed by atoms with Crippen LogP contribution in [0.25, 0.3) is 11.1 Å². The number of amides is 1. The van der Waals surface area contributed by atoms with Gasteiger partial charge in [0.1, 0.15) is 11.5 Å². The molecule has 0 atom stereocenters. The lowest BCUT2D eigenvalue weighted by atomic mass is 10.1. The third kappa shape index (κ3) is 3.19. The number of carbonyl (C=O) groups is 1. The van der Waals surface area contributed by atoms with E-state index in [0.29, 0.717) is 40.4 Å². The molecule has 134 valence electrons. The van der Waals surface area contributed by atoms with Crippen molar-refractivity contribution in [3.63, 3.8) is 0 Å². The molecule has 0 unspecified atom stereocenters. The van der Waals surface area contributed by atoms with Gasteiger partial charge in [0.2, 0.25) is 0 Å². The van der Waals surface area contributed by atoms with E-state index in [0.717, 1.165) is 0 Å². The molecule has 0 saturated carbocycles. The quantitative estimate of drug-likeness (QED) is 0.688. The molecule has 0 fully saturated rings. The molecule has 1 aromatic heterocycles. The molecule has 3 aromatic rings. The summed E-state index contributed by atoms with van der Waals surface area (Å²) in [5.41, 5.74) is 1.79. The zero-order valence-electron chi connectivity index (χ0n) is 14.4. The van der Waals surface area contributed by atoms with Gasteiger partial charge in [-0.2, -0.15) is 0 Å². The van der Waals surface area contributed by atoms with E-state index in [1.165, 1.54) is 11.7 Å². The van der Waals surface area contributed by atoms with Gasteiger partial charge in [0.25, 0.3) is 5.91 Å². The number of methoxy groups -OCH3 is 2. The Balaban J connectivity index is 1.96. The van der Waals surface area contributed by atoms with Crippen molar-refractivity contribution >= 4 is 22.7 Å². The van der Waals surface area contributed by atoms with Crippen molar-refractivity contribution in [1.82, 2.24) is 4.57 Å². The average molecular weight is 354 g/mol. The second kappa shape index (κ2) is 7.18. The molecular weight excluding hydrogens is 336 g/mol. The van der Waals surface area contributed by atoms with E-state index < -0.39 is 5.76 Å². The first kappa shape index (κ1) is 17.3. The third-order valence-electron chi connectivity index (χ3n) is 3.90. The number of carbonyl (C=O) groups excluding carboxylic acids is 1. The number of hydrogen-bond acceptors (Lipinski definition) is 5. The lowest BCUT2D eigenvalue weighted by molar-refractivity contribution is 0.102. The molecule has 0 spiro atoms. The second-order valence-electron chi connectivity index (χ2n) is 5.47. The molecule has 26 heavy (non-hydrogen) atoms. The number of ether oxygens (including phenoxy) is 2. The fourth-order valence-corrected chi connectivity index (χ4v) is 2.61. The first-order valence-corrected chi connectivity index (χ1v) is 7.85. The first-order chi connectivity index (χ1) is 12.6. The molecule has 7 nitrogen and oxygen atoms in total. The summed E-state index contributed by atoms with van der Waals surface area (Å²) in [5.74, 6) is 0.252. The van der Waals surface area contributed by atoms with Crippen LogP contribution in [0, 0.1) is 0 Å². The van der Waals surface area contributed by atoms with Crippen molar-refractivity contribution in [3.05, 3.63) is 65.2 Å². The van der Waals surface area contributed by atoms with Gasteiger partial charge in [-0.3, -0.25) is 9.36 Å². The predicted molar refractivity (Wildman–Crippen MR) is 98.2 cm³/mol. The molecule has 3 rings (SSSR count). The predicted octanol–water partition coefficient (Wildman–Crippen LogP) is 3.05. The van der Waals surface area contributed by atoms with Gasteiger partial charge in [-0.25, -0.2) is 4.79 Å². The molecule has 0 radical (unpaired) electrons. The smallest absolute Gasteiger partial charge is 0.420 e. The fourth-order valence-electron chi connectivity index (χ4n) is 2.61. The van der Waals surface area contributed by atoms with Crippen LogP contribution in [0.1, 0.15) is 10.4 Å². The van der Waals surface area contributed by atoms with Crippen LogP contribution >= 0.6 is 0 Å². The topological polar surface area (TPSA) is 82.7 Å². The monoisotopic (exact) mass is 354 g/mol. The summed E-state index contributed by atoms with van der Waals surface area (Å²) in [4.78, 5) is 24.5. The highest BCUT2D eigenvalue weighted by molar-refractivity contribution is 6.06. The minimum Gasteiger partial charge on any atom is -0.497 e. The zero-order chi connectivity index (χ0) is 18.7. The van der Waals surface area contributed by atoms with Gasteiger partial charge in [0.15, 0.2) is 5.58 Å². The van der Waals surface area contributed by atoms with Gasteiger partial charge in [-0.15, -0.1) is 6.58 Å². The lowest BCUT2D eigenvalue weighted by Gasteiger charge is -2.12. The van der Waals surface area contributed by atoms with Crippen molar-refractivity contribution in [2.75, 3.05) is 19.5 Å². The Kier molecular flexibility index (Phi) is 4.79. The zero-order valence-corrected chi connectivity index (χ0v) is 14.4. The molecule has 1 amide bonds. The second-order valence-corrected chi connectivity index (χ2v) is 5.47. The van der Waals surface area contributed by atoms with Gasteiger partial charge in [0.05, 0.1) is 25.4 Å². The molecule has 0 saturated heterocycles. The maximum absolute atomic E-state index is 12.7. The summed E-state index contributed by atoms with van der Waals surface area (Å²) in [5, 5.41) is 2.79. The van der Waals surface area contributed by atoms with Crippen molar-refractivity contribution in [3.8, 4) is 11.5 Å². The number of nitrogens with zero attached hydrogens (tertiary/aromatic N) is 1. The van der Waals surface area contributed by atoms with Crippen LogP contribution in [0.15, 0.2) is 58.3 Å². The molecule has 2 aromatic carbocycles. The SMILES string of the molecule is C=CCn1c(=O)oc2ccc(C(=O)Nc3cc(OC)ccc3OC)cc21. The standard InChI is InChI=1S/C19H18N2O5/c1-4-9-21-15-10-12(5-7-17(15)26-19(21)23)18(22)20-14-11-13(24-2)6-8-16(14)25-3/h4-8,10-11H,1,9H2,2-3H3,(H,20,22). The van der Waals surface area contributed by atoms with Gasteiger partial charge in [0, 0.05) is 18.2 Å². The van der Waals surface area contributed by atoms with Crippen LogP contribution in [0.4, 0.5) is 5.69 Å². The number of allylic oxidation sites excluding steroid dienone is 1. The molecule has 0 bridgehead atoms. The first-order valence-electron chi connectivity index (χ1n) is 7.85. The maximum atomic E-state index is 12.7. The Hall–Kier alpha value is -3.48. The van der Waals surface area contributed by atoms with E-state index in [1.54, 1.807) is 49.6 Å². The number of fused-ring (bicyclic) bond motifs is 1. The molecule has 1 N–H and O–H groups in total. The number of benzene rings is 2. The van der Waals surface area contributed by atoms with E-state index >= 15 is 0 Å². The number of hydrogen-bond donors (Lipinski definition) is 1. The Morgan fingerprint density at radius 2 is 2.04 bits per heavy atom. The summed E-state index contributed by atoms with van der Waals surface area (Å²) in [6.07, 6.45) is 1.59. The average Bonchev–Trinajstić information content (AvgIpc) is 2.96. The van der Waals surface area contributed by atoms with Crippen LogP contribution < -0.4 is 20.5 Å². The van der Waals surface area contributed by atoms with Crippen LogP contribution in [0.5, 0.6) is 11.5 Å². The fraction of sp³-hybridized carbons (Fsp3) is 0.158. The number of rotatable bonds is 6. The summed E-state index contributed by atoms with van der Waals surface area (Å²) in [6, 6.07) is 9.89. The number of anilines is 1. The summed E-state index contributed by atoms with van der Waals surface area (Å²) in [6.45, 7) is 3.92. The number of oxazole rings is 1. The summed E-state index contributed by atoms with van der Waals surface area (Å²) < 4.78 is 17.0. The number of nitrogens with one attached hydrogen (secondary N) is 1. The lowest BCUT2D eigenvalue weighted by Crippen LogP contribution is -2.14. The van der Waals surface area contributed by atoms with E-state index in [2.05, 4.69) is 11.9 Å².